The monoisotopic (exact) mass is 1190 g/mol. The number of para-hydroxylation sites is 3. The first-order valence-corrected chi connectivity index (χ1v) is 30.8. The summed E-state index contributed by atoms with van der Waals surface area (Å²) in [5.41, 5.74) is 14.4. The Balaban J connectivity index is 0.000000141. The predicted octanol–water partition coefficient (Wildman–Crippen LogP) is 20.0. The molecule has 0 fully saturated rings. The van der Waals surface area contributed by atoms with Gasteiger partial charge in [-0.2, -0.15) is 10.5 Å². The van der Waals surface area contributed by atoms with Crippen molar-refractivity contribution < 1.29 is 4.42 Å². The zero-order valence-electron chi connectivity index (χ0n) is 48.8. The van der Waals surface area contributed by atoms with E-state index >= 15 is 0 Å². The van der Waals surface area contributed by atoms with Crippen molar-refractivity contribution in [3.8, 4) is 91.8 Å². The van der Waals surface area contributed by atoms with Crippen LogP contribution in [0.25, 0.3) is 165 Å². The van der Waals surface area contributed by atoms with Crippen molar-refractivity contribution in [3.05, 3.63) is 290 Å². The van der Waals surface area contributed by atoms with Crippen LogP contribution in [0.5, 0.6) is 0 Å². The van der Waals surface area contributed by atoms with Gasteiger partial charge in [0.25, 0.3) is 0 Å². The molecule has 0 aliphatic rings. The number of nitriles is 2. The van der Waals surface area contributed by atoms with Gasteiger partial charge in [0.05, 0.1) is 45.3 Å². The van der Waals surface area contributed by atoms with Gasteiger partial charge < -0.3 is 13.6 Å². The van der Waals surface area contributed by atoms with Crippen molar-refractivity contribution in [2.24, 2.45) is 0 Å². The number of hydrogen-bond donors (Lipinski definition) is 0. The normalized spacial score (nSPS) is 11.5. The third kappa shape index (κ3) is 9.35. The highest BCUT2D eigenvalue weighted by Gasteiger charge is 2.21. The lowest BCUT2D eigenvalue weighted by molar-refractivity contribution is 0.669. The number of hydrogen-bond acceptors (Lipinski definition) is 10. The lowest BCUT2D eigenvalue weighted by Gasteiger charge is -2.12. The standard InChI is InChI=1S/C40H23N5O.C40H23N5S/c2*41-24-25-10-8-13-27(20-25)39-42-38(26-11-2-1-3-12-26)43-40(44-39)28-14-9-15-29(21-28)45-34-18-6-4-16-30(34)32-23-37-33(22-35(32)45)31-17-5-7-19-36(31)46-37/h2*1-23H. The van der Waals surface area contributed by atoms with Crippen LogP contribution in [0, 0.1) is 22.7 Å². The number of benzene rings is 12. The Bertz CT molecular complexity index is 5700. The van der Waals surface area contributed by atoms with Crippen LogP contribution in [0.2, 0.25) is 0 Å². The molecular weight excluding hydrogens is 1150 g/mol. The maximum atomic E-state index is 9.54. The number of nitrogens with zero attached hydrogens (tertiary/aromatic N) is 10. The fourth-order valence-corrected chi connectivity index (χ4v) is 13.8. The van der Waals surface area contributed by atoms with E-state index in [9.17, 15) is 10.5 Å². The molecule has 0 aliphatic carbocycles. The summed E-state index contributed by atoms with van der Waals surface area (Å²) >= 11 is 1.84. The van der Waals surface area contributed by atoms with Crippen LogP contribution < -0.4 is 0 Å². The second kappa shape index (κ2) is 22.1. The van der Waals surface area contributed by atoms with Gasteiger partial charge in [-0.05, 0) is 97.1 Å². The van der Waals surface area contributed by atoms with Gasteiger partial charge in [-0.3, -0.25) is 0 Å². The third-order valence-electron chi connectivity index (χ3n) is 16.9. The first-order chi connectivity index (χ1) is 45.5. The van der Waals surface area contributed by atoms with Crippen molar-refractivity contribution >= 4 is 97.1 Å². The SMILES string of the molecule is N#Cc1cccc(-c2nc(-c3ccccc3)nc(-c3cccc(-n4c5ccccc5c5cc6oc7ccccc7c6cc54)c3)n2)c1.N#Cc1cccc(-c2nc(-c3ccccc3)nc(-c3cccc(-n4c5ccccc5c5cc6sc7ccccc7c6cc54)c3)n2)c1. The quantitative estimate of drug-likeness (QED) is 0.145. The van der Waals surface area contributed by atoms with E-state index in [4.69, 9.17) is 34.3 Å². The van der Waals surface area contributed by atoms with Gasteiger partial charge in [-0.15, -0.1) is 11.3 Å². The number of rotatable bonds is 8. The molecule has 0 saturated heterocycles. The molecule has 0 amide bonds. The summed E-state index contributed by atoms with van der Waals surface area (Å²) in [5, 5.41) is 28.5. The topological polar surface area (TPSA) is 148 Å². The second-order valence-corrected chi connectivity index (χ2v) is 23.5. The molecule has 0 spiro atoms. The molecule has 6 aromatic heterocycles. The Morgan fingerprint density at radius 1 is 0.272 bits per heavy atom. The third-order valence-corrected chi connectivity index (χ3v) is 18.0. The van der Waals surface area contributed by atoms with E-state index in [1.165, 1.54) is 30.9 Å². The molecule has 12 aromatic carbocycles. The fraction of sp³-hybridized carbons (Fsp3) is 0. The van der Waals surface area contributed by atoms with Crippen molar-refractivity contribution in [1.29, 1.82) is 10.5 Å². The zero-order chi connectivity index (χ0) is 61.2. The lowest BCUT2D eigenvalue weighted by Crippen LogP contribution is -2.01. The van der Waals surface area contributed by atoms with Crippen LogP contribution >= 0.6 is 11.3 Å². The maximum absolute atomic E-state index is 9.54. The molecule has 92 heavy (non-hydrogen) atoms. The smallest absolute Gasteiger partial charge is 0.164 e. The molecule has 18 aromatic rings. The van der Waals surface area contributed by atoms with Crippen LogP contribution in [-0.4, -0.2) is 39.0 Å². The van der Waals surface area contributed by atoms with Crippen LogP contribution in [0.4, 0.5) is 0 Å². The Kier molecular flexibility index (Phi) is 12.9. The van der Waals surface area contributed by atoms with Crippen molar-refractivity contribution in [1.82, 2.24) is 39.0 Å². The zero-order valence-corrected chi connectivity index (χ0v) is 49.7. The van der Waals surface area contributed by atoms with E-state index in [0.29, 0.717) is 46.1 Å². The summed E-state index contributed by atoms with van der Waals surface area (Å²) in [6.45, 7) is 0. The molecule has 0 saturated carbocycles. The number of fused-ring (bicyclic) bond motifs is 12. The van der Waals surface area contributed by atoms with Gasteiger partial charge in [-0.25, -0.2) is 29.9 Å². The molecule has 12 heteroatoms. The molecule has 428 valence electrons. The highest BCUT2D eigenvalue weighted by Crippen LogP contribution is 2.43. The Morgan fingerprint density at radius 3 is 1.20 bits per heavy atom. The summed E-state index contributed by atoms with van der Waals surface area (Å²) in [6.07, 6.45) is 0. The summed E-state index contributed by atoms with van der Waals surface area (Å²) < 4.78 is 13.5. The fourth-order valence-electron chi connectivity index (χ4n) is 12.7. The van der Waals surface area contributed by atoms with Crippen molar-refractivity contribution in [3.63, 3.8) is 0 Å². The molecule has 0 radical (unpaired) electrons. The van der Waals surface area contributed by atoms with Crippen LogP contribution in [-0.2, 0) is 0 Å². The number of aromatic nitrogens is 8. The second-order valence-electron chi connectivity index (χ2n) is 22.5. The highest BCUT2D eigenvalue weighted by molar-refractivity contribution is 7.25. The molecule has 11 nitrogen and oxygen atoms in total. The summed E-state index contributed by atoms with van der Waals surface area (Å²) in [5.74, 6) is 3.31. The molecule has 0 N–H and O–H groups in total. The molecule has 6 heterocycles. The van der Waals surface area contributed by atoms with E-state index < -0.39 is 0 Å². The Morgan fingerprint density at radius 2 is 0.674 bits per heavy atom. The van der Waals surface area contributed by atoms with E-state index in [1.54, 1.807) is 12.1 Å². The maximum Gasteiger partial charge on any atom is 0.164 e. The van der Waals surface area contributed by atoms with Gasteiger partial charge in [-0.1, -0.05) is 182 Å². The first kappa shape index (κ1) is 53.5. The predicted molar refractivity (Wildman–Crippen MR) is 371 cm³/mol. The van der Waals surface area contributed by atoms with E-state index in [1.807, 2.05) is 145 Å². The average Bonchev–Trinajstić information content (AvgIpc) is 1.59. The molecule has 0 unspecified atom stereocenters. The summed E-state index contributed by atoms with van der Waals surface area (Å²) in [7, 11) is 0. The van der Waals surface area contributed by atoms with E-state index in [2.05, 4.69) is 155 Å². The molecule has 0 atom stereocenters. The van der Waals surface area contributed by atoms with Gasteiger partial charge in [0, 0.05) is 97.2 Å². The minimum absolute atomic E-state index is 0.512. The average molecular weight is 1200 g/mol. The number of thiophene rings is 1. The van der Waals surface area contributed by atoms with E-state index in [0.717, 1.165) is 99.5 Å². The molecule has 0 bridgehead atoms. The summed E-state index contributed by atoms with van der Waals surface area (Å²) in [4.78, 5) is 29.5. The van der Waals surface area contributed by atoms with Crippen molar-refractivity contribution in [2.75, 3.05) is 0 Å². The van der Waals surface area contributed by atoms with Gasteiger partial charge >= 0.3 is 0 Å². The number of furan rings is 1. The lowest BCUT2D eigenvalue weighted by atomic mass is 10.1. The summed E-state index contributed by atoms with van der Waals surface area (Å²) in [6, 6.07) is 98.6. The minimum Gasteiger partial charge on any atom is -0.456 e. The van der Waals surface area contributed by atoms with Crippen LogP contribution in [0.15, 0.2) is 283 Å². The van der Waals surface area contributed by atoms with Gasteiger partial charge in [0.1, 0.15) is 11.2 Å². The Labute approximate surface area is 530 Å². The van der Waals surface area contributed by atoms with Crippen LogP contribution in [0.1, 0.15) is 11.1 Å². The first-order valence-electron chi connectivity index (χ1n) is 30.0. The molecular formula is C80H46N10OS. The van der Waals surface area contributed by atoms with Crippen molar-refractivity contribution in [2.45, 2.75) is 0 Å². The van der Waals surface area contributed by atoms with E-state index in [-0.39, 0.29) is 0 Å². The van der Waals surface area contributed by atoms with Gasteiger partial charge in [0.2, 0.25) is 0 Å². The van der Waals surface area contributed by atoms with Crippen LogP contribution in [0.3, 0.4) is 0 Å². The highest BCUT2D eigenvalue weighted by atomic mass is 32.1. The molecule has 18 rings (SSSR count). The molecule has 0 aliphatic heterocycles. The largest absolute Gasteiger partial charge is 0.456 e. The Hall–Kier alpha value is -12.7. The van der Waals surface area contributed by atoms with Gasteiger partial charge in [0.15, 0.2) is 34.9 Å². The minimum atomic E-state index is 0.512.